The van der Waals surface area contributed by atoms with Gasteiger partial charge in [0.15, 0.2) is 0 Å². The molecule has 5 heteroatoms. The number of carbonyl (C=O) groups excluding carboxylic acids is 1. The maximum atomic E-state index is 11.7. The molecule has 0 spiro atoms. The third-order valence-corrected chi connectivity index (χ3v) is 4.16. The van der Waals surface area contributed by atoms with Gasteiger partial charge in [-0.3, -0.25) is 4.98 Å². The van der Waals surface area contributed by atoms with Gasteiger partial charge < -0.3 is 15.0 Å². The minimum Gasteiger partial charge on any atom is -0.450 e. The number of hydrogen-bond acceptors (Lipinski definition) is 4. The van der Waals surface area contributed by atoms with Gasteiger partial charge in [-0.2, -0.15) is 0 Å². The van der Waals surface area contributed by atoms with E-state index in [1.807, 2.05) is 19.2 Å². The number of aryl methyl sites for hydroxylation is 1. The molecule has 1 saturated heterocycles. The highest BCUT2D eigenvalue weighted by atomic mass is 16.6. The largest absolute Gasteiger partial charge is 0.450 e. The van der Waals surface area contributed by atoms with Crippen molar-refractivity contribution in [3.63, 3.8) is 0 Å². The highest BCUT2D eigenvalue weighted by Crippen LogP contribution is 2.13. The molecule has 0 radical (unpaired) electrons. The summed E-state index contributed by atoms with van der Waals surface area (Å²) in [6.45, 7) is 8.13. The van der Waals surface area contributed by atoms with Crippen LogP contribution in [0.4, 0.5) is 4.79 Å². The Hall–Kier alpha value is -1.62. The molecule has 2 rings (SSSR count). The molecule has 0 aromatic carbocycles. The first-order valence-corrected chi connectivity index (χ1v) is 8.18. The zero-order valence-corrected chi connectivity index (χ0v) is 13.8. The van der Waals surface area contributed by atoms with E-state index in [0.717, 1.165) is 38.0 Å². The lowest BCUT2D eigenvalue weighted by Gasteiger charge is -2.33. The molecule has 22 heavy (non-hydrogen) atoms. The van der Waals surface area contributed by atoms with Crippen molar-refractivity contribution >= 4 is 6.09 Å². The van der Waals surface area contributed by atoms with Crippen LogP contribution < -0.4 is 5.32 Å². The number of carbonyl (C=O) groups is 1. The topological polar surface area (TPSA) is 54.5 Å². The van der Waals surface area contributed by atoms with E-state index in [9.17, 15) is 4.79 Å². The Morgan fingerprint density at radius 2 is 2.23 bits per heavy atom. The van der Waals surface area contributed by atoms with Gasteiger partial charge in [0.2, 0.25) is 0 Å². The summed E-state index contributed by atoms with van der Waals surface area (Å²) in [6.07, 6.45) is 4.56. The lowest BCUT2D eigenvalue weighted by molar-refractivity contribution is 0.0944. The number of piperidine rings is 1. The molecule has 1 N–H and O–H groups in total. The van der Waals surface area contributed by atoms with Crippen molar-refractivity contribution in [1.29, 1.82) is 0 Å². The number of nitrogens with one attached hydrogen (secondary N) is 1. The molecule has 0 aliphatic carbocycles. The Bertz CT molecular complexity index is 485. The van der Waals surface area contributed by atoms with Crippen molar-refractivity contribution in [2.24, 2.45) is 0 Å². The van der Waals surface area contributed by atoms with E-state index in [4.69, 9.17) is 4.74 Å². The molecule has 122 valence electrons. The summed E-state index contributed by atoms with van der Waals surface area (Å²) in [7, 11) is 0. The van der Waals surface area contributed by atoms with Crippen LogP contribution in [0.15, 0.2) is 18.3 Å². The van der Waals surface area contributed by atoms with E-state index in [1.54, 1.807) is 4.90 Å². The van der Waals surface area contributed by atoms with Crippen LogP contribution in [0.1, 0.15) is 37.9 Å². The second-order valence-corrected chi connectivity index (χ2v) is 6.00. The van der Waals surface area contributed by atoms with Crippen LogP contribution in [0.3, 0.4) is 0 Å². The Labute approximate surface area is 133 Å². The van der Waals surface area contributed by atoms with E-state index in [1.165, 1.54) is 5.56 Å². The fraction of sp³-hybridized carbons (Fsp3) is 0.647. The molecule has 1 fully saturated rings. The summed E-state index contributed by atoms with van der Waals surface area (Å²) in [5, 5.41) is 3.67. The van der Waals surface area contributed by atoms with E-state index in [2.05, 4.69) is 30.2 Å². The van der Waals surface area contributed by atoms with Crippen LogP contribution in [0, 0.1) is 6.92 Å². The number of aromatic nitrogens is 1. The summed E-state index contributed by atoms with van der Waals surface area (Å²) >= 11 is 0. The summed E-state index contributed by atoms with van der Waals surface area (Å²) < 4.78 is 5.05. The summed E-state index contributed by atoms with van der Waals surface area (Å²) in [6, 6.07) is 4.92. The molecule has 1 aromatic heterocycles. The number of likely N-dealkylation sites (tertiary alicyclic amines) is 1. The average Bonchev–Trinajstić information content (AvgIpc) is 2.50. The second kappa shape index (κ2) is 8.13. The van der Waals surface area contributed by atoms with E-state index < -0.39 is 0 Å². The van der Waals surface area contributed by atoms with Gasteiger partial charge in [0.05, 0.1) is 6.61 Å². The SMILES string of the molecule is CCOC(=O)N1CCC(NC(C)Cc2ncccc2C)CC1. The molecule has 1 aliphatic heterocycles. The van der Waals surface area contributed by atoms with Gasteiger partial charge in [-0.05, 0) is 45.2 Å². The maximum absolute atomic E-state index is 11.7. The third-order valence-electron chi connectivity index (χ3n) is 4.16. The fourth-order valence-electron chi connectivity index (χ4n) is 2.93. The minimum atomic E-state index is -0.182. The van der Waals surface area contributed by atoms with Crippen LogP contribution in [0.25, 0.3) is 0 Å². The Morgan fingerprint density at radius 3 is 2.86 bits per heavy atom. The van der Waals surface area contributed by atoms with Gasteiger partial charge in [-0.1, -0.05) is 6.07 Å². The molecule has 2 heterocycles. The third kappa shape index (κ3) is 4.70. The van der Waals surface area contributed by atoms with Crippen molar-refractivity contribution in [3.05, 3.63) is 29.6 Å². The minimum absolute atomic E-state index is 0.182. The summed E-state index contributed by atoms with van der Waals surface area (Å²) in [5.74, 6) is 0. The quantitative estimate of drug-likeness (QED) is 0.908. The second-order valence-electron chi connectivity index (χ2n) is 6.00. The molecule has 0 bridgehead atoms. The van der Waals surface area contributed by atoms with Gasteiger partial charge in [-0.15, -0.1) is 0 Å². The first-order chi connectivity index (χ1) is 10.6. The van der Waals surface area contributed by atoms with Gasteiger partial charge in [-0.25, -0.2) is 4.79 Å². The number of rotatable bonds is 5. The summed E-state index contributed by atoms with van der Waals surface area (Å²) in [4.78, 5) is 17.9. The number of nitrogens with zero attached hydrogens (tertiary/aromatic N) is 2. The van der Waals surface area contributed by atoms with Crippen LogP contribution in [-0.4, -0.2) is 47.8 Å². The fourth-order valence-corrected chi connectivity index (χ4v) is 2.93. The molecule has 1 atom stereocenters. The van der Waals surface area contributed by atoms with Gasteiger partial charge in [0, 0.05) is 43.5 Å². The maximum Gasteiger partial charge on any atom is 0.409 e. The lowest BCUT2D eigenvalue weighted by Crippen LogP contribution is -2.47. The predicted molar refractivity (Wildman–Crippen MR) is 86.9 cm³/mol. The number of pyridine rings is 1. The van der Waals surface area contributed by atoms with Crippen molar-refractivity contribution < 1.29 is 9.53 Å². The molecular formula is C17H27N3O2. The molecule has 1 aliphatic rings. The van der Waals surface area contributed by atoms with Gasteiger partial charge in [0.1, 0.15) is 0 Å². The standard InChI is InChI=1S/C17H27N3O2/c1-4-22-17(21)20-10-7-15(8-11-20)19-14(3)12-16-13(2)6-5-9-18-16/h5-6,9,14-15,19H,4,7-8,10-12H2,1-3H3. The van der Waals surface area contributed by atoms with Crippen molar-refractivity contribution in [3.8, 4) is 0 Å². The van der Waals surface area contributed by atoms with Crippen molar-refractivity contribution in [2.45, 2.75) is 52.1 Å². The Balaban J connectivity index is 1.76. The highest BCUT2D eigenvalue weighted by molar-refractivity contribution is 5.67. The molecular weight excluding hydrogens is 278 g/mol. The van der Waals surface area contributed by atoms with Crippen molar-refractivity contribution in [2.75, 3.05) is 19.7 Å². The normalized spacial score (nSPS) is 17.3. The molecule has 1 amide bonds. The first kappa shape index (κ1) is 16.7. The zero-order chi connectivity index (χ0) is 15.9. The van der Waals surface area contributed by atoms with Crippen LogP contribution in [-0.2, 0) is 11.2 Å². The van der Waals surface area contributed by atoms with Crippen LogP contribution >= 0.6 is 0 Å². The number of hydrogen-bond donors (Lipinski definition) is 1. The predicted octanol–water partition coefficient (Wildman–Crippen LogP) is 2.53. The zero-order valence-electron chi connectivity index (χ0n) is 13.8. The smallest absolute Gasteiger partial charge is 0.409 e. The lowest BCUT2D eigenvalue weighted by atomic mass is 10.0. The monoisotopic (exact) mass is 305 g/mol. The van der Waals surface area contributed by atoms with Crippen molar-refractivity contribution in [1.82, 2.24) is 15.2 Å². The first-order valence-electron chi connectivity index (χ1n) is 8.18. The van der Waals surface area contributed by atoms with E-state index >= 15 is 0 Å². The van der Waals surface area contributed by atoms with Gasteiger partial charge >= 0.3 is 6.09 Å². The van der Waals surface area contributed by atoms with Crippen LogP contribution in [0.2, 0.25) is 0 Å². The Kier molecular flexibility index (Phi) is 6.19. The molecule has 1 unspecified atom stereocenters. The Morgan fingerprint density at radius 1 is 1.50 bits per heavy atom. The average molecular weight is 305 g/mol. The van der Waals surface area contributed by atoms with E-state index in [0.29, 0.717) is 18.7 Å². The molecule has 0 saturated carbocycles. The van der Waals surface area contributed by atoms with E-state index in [-0.39, 0.29) is 6.09 Å². The molecule has 5 nitrogen and oxygen atoms in total. The van der Waals surface area contributed by atoms with Crippen LogP contribution in [0.5, 0.6) is 0 Å². The number of amides is 1. The van der Waals surface area contributed by atoms with Gasteiger partial charge in [0.25, 0.3) is 0 Å². The molecule has 1 aromatic rings. The number of ether oxygens (including phenoxy) is 1. The highest BCUT2D eigenvalue weighted by Gasteiger charge is 2.24. The summed E-state index contributed by atoms with van der Waals surface area (Å²) in [5.41, 5.74) is 2.40.